The molecule has 5 heteroatoms. The SMILES string of the molecule is CC1C(C(=O)N(C)Cc2cccc3ncccc23)NNC1c1ccccc1. The molecule has 0 aliphatic carbocycles. The van der Waals surface area contributed by atoms with Crippen LogP contribution in [0.3, 0.4) is 0 Å². The van der Waals surface area contributed by atoms with Crippen molar-refractivity contribution >= 4 is 16.8 Å². The van der Waals surface area contributed by atoms with Gasteiger partial charge in [-0.1, -0.05) is 55.5 Å². The minimum Gasteiger partial charge on any atom is -0.340 e. The predicted octanol–water partition coefficient (Wildman–Crippen LogP) is 3.05. The van der Waals surface area contributed by atoms with Crippen LogP contribution in [0.15, 0.2) is 66.9 Å². The number of benzene rings is 2. The Hall–Kier alpha value is -2.76. The van der Waals surface area contributed by atoms with Crippen molar-refractivity contribution in [3.8, 4) is 0 Å². The molecular weight excluding hydrogens is 336 g/mol. The summed E-state index contributed by atoms with van der Waals surface area (Å²) in [5.41, 5.74) is 9.75. The van der Waals surface area contributed by atoms with Gasteiger partial charge in [0.05, 0.1) is 11.6 Å². The molecule has 2 aromatic carbocycles. The number of pyridine rings is 1. The number of rotatable bonds is 4. The summed E-state index contributed by atoms with van der Waals surface area (Å²) in [6.07, 6.45) is 1.79. The molecule has 1 aliphatic heterocycles. The van der Waals surface area contributed by atoms with Crippen LogP contribution < -0.4 is 10.9 Å². The molecular formula is C22H24N4O. The van der Waals surface area contributed by atoms with E-state index in [2.05, 4.69) is 47.0 Å². The van der Waals surface area contributed by atoms with Crippen molar-refractivity contribution in [1.29, 1.82) is 0 Å². The van der Waals surface area contributed by atoms with Crippen LogP contribution in [0.25, 0.3) is 10.9 Å². The van der Waals surface area contributed by atoms with E-state index in [1.807, 2.05) is 43.4 Å². The molecule has 1 amide bonds. The third-order valence-corrected chi connectivity index (χ3v) is 5.39. The van der Waals surface area contributed by atoms with Crippen LogP contribution in [0.4, 0.5) is 0 Å². The zero-order chi connectivity index (χ0) is 18.8. The molecule has 1 aliphatic rings. The lowest BCUT2D eigenvalue weighted by atomic mass is 9.90. The summed E-state index contributed by atoms with van der Waals surface area (Å²) in [5.74, 6) is 0.242. The van der Waals surface area contributed by atoms with Gasteiger partial charge in [0.15, 0.2) is 0 Å². The number of carbonyl (C=O) groups excluding carboxylic acids is 1. The molecule has 1 fully saturated rings. The molecule has 1 aromatic heterocycles. The van der Waals surface area contributed by atoms with Crippen molar-refractivity contribution in [3.05, 3.63) is 78.0 Å². The van der Waals surface area contributed by atoms with Gasteiger partial charge in [-0.05, 0) is 23.3 Å². The van der Waals surface area contributed by atoms with Crippen LogP contribution in [0.5, 0.6) is 0 Å². The molecule has 3 unspecified atom stereocenters. The lowest BCUT2D eigenvalue weighted by Crippen LogP contribution is -2.45. The monoisotopic (exact) mass is 360 g/mol. The van der Waals surface area contributed by atoms with E-state index in [0.717, 1.165) is 16.5 Å². The van der Waals surface area contributed by atoms with Gasteiger partial charge in [0.25, 0.3) is 0 Å². The van der Waals surface area contributed by atoms with Gasteiger partial charge in [0.1, 0.15) is 6.04 Å². The Labute approximate surface area is 159 Å². The van der Waals surface area contributed by atoms with E-state index in [4.69, 9.17) is 0 Å². The molecule has 4 rings (SSSR count). The van der Waals surface area contributed by atoms with Crippen LogP contribution in [0.1, 0.15) is 24.1 Å². The van der Waals surface area contributed by atoms with Gasteiger partial charge in [-0.25, -0.2) is 10.9 Å². The first-order valence-electron chi connectivity index (χ1n) is 9.29. The Bertz CT molecular complexity index is 938. The average Bonchev–Trinajstić information content (AvgIpc) is 3.09. The molecule has 0 spiro atoms. The van der Waals surface area contributed by atoms with Gasteiger partial charge < -0.3 is 4.90 Å². The molecule has 5 nitrogen and oxygen atoms in total. The lowest BCUT2D eigenvalue weighted by Gasteiger charge is -2.24. The summed E-state index contributed by atoms with van der Waals surface area (Å²) in [6.45, 7) is 2.67. The number of nitrogens with one attached hydrogen (secondary N) is 2. The lowest BCUT2D eigenvalue weighted by molar-refractivity contribution is -0.133. The molecule has 3 aromatic rings. The summed E-state index contributed by atoms with van der Waals surface area (Å²) < 4.78 is 0. The van der Waals surface area contributed by atoms with Gasteiger partial charge >= 0.3 is 0 Å². The van der Waals surface area contributed by atoms with Gasteiger partial charge in [-0.15, -0.1) is 0 Å². The highest BCUT2D eigenvalue weighted by atomic mass is 16.2. The maximum Gasteiger partial charge on any atom is 0.241 e. The van der Waals surface area contributed by atoms with Crippen LogP contribution in [0.2, 0.25) is 0 Å². The smallest absolute Gasteiger partial charge is 0.241 e. The highest BCUT2D eigenvalue weighted by Gasteiger charge is 2.38. The minimum atomic E-state index is -0.256. The van der Waals surface area contributed by atoms with E-state index >= 15 is 0 Å². The fourth-order valence-corrected chi connectivity index (χ4v) is 3.84. The Morgan fingerprint density at radius 3 is 2.67 bits per heavy atom. The Morgan fingerprint density at radius 2 is 1.85 bits per heavy atom. The molecule has 1 saturated heterocycles. The number of carbonyl (C=O) groups is 1. The predicted molar refractivity (Wildman–Crippen MR) is 107 cm³/mol. The van der Waals surface area contributed by atoms with Crippen molar-refractivity contribution in [2.45, 2.75) is 25.6 Å². The summed E-state index contributed by atoms with van der Waals surface area (Å²) in [5, 5.41) is 1.09. The normalized spacial score (nSPS) is 22.1. The fraction of sp³-hybridized carbons (Fsp3) is 0.273. The molecule has 2 N–H and O–H groups in total. The van der Waals surface area contributed by atoms with E-state index in [0.29, 0.717) is 6.54 Å². The molecule has 138 valence electrons. The second-order valence-corrected chi connectivity index (χ2v) is 7.20. The van der Waals surface area contributed by atoms with Crippen molar-refractivity contribution in [1.82, 2.24) is 20.7 Å². The average molecular weight is 360 g/mol. The zero-order valence-electron chi connectivity index (χ0n) is 15.6. The first-order valence-corrected chi connectivity index (χ1v) is 9.29. The summed E-state index contributed by atoms with van der Waals surface area (Å²) in [4.78, 5) is 19.3. The number of aromatic nitrogens is 1. The Kier molecular flexibility index (Phi) is 4.88. The summed E-state index contributed by atoms with van der Waals surface area (Å²) in [6, 6.07) is 20.1. The van der Waals surface area contributed by atoms with Crippen LogP contribution in [0, 0.1) is 5.92 Å². The second kappa shape index (κ2) is 7.47. The van der Waals surface area contributed by atoms with Gasteiger partial charge in [0, 0.05) is 31.1 Å². The number of hydrazine groups is 1. The second-order valence-electron chi connectivity index (χ2n) is 7.20. The summed E-state index contributed by atoms with van der Waals surface area (Å²) >= 11 is 0. The molecule has 27 heavy (non-hydrogen) atoms. The van der Waals surface area contributed by atoms with Crippen LogP contribution in [-0.2, 0) is 11.3 Å². The quantitative estimate of drug-likeness (QED) is 0.751. The first-order chi connectivity index (χ1) is 13.1. The van der Waals surface area contributed by atoms with Crippen molar-refractivity contribution in [2.24, 2.45) is 5.92 Å². The fourth-order valence-electron chi connectivity index (χ4n) is 3.84. The van der Waals surface area contributed by atoms with E-state index in [1.165, 1.54) is 5.56 Å². The van der Waals surface area contributed by atoms with Gasteiger partial charge in [-0.3, -0.25) is 9.78 Å². The third-order valence-electron chi connectivity index (χ3n) is 5.39. The molecule has 2 heterocycles. The largest absolute Gasteiger partial charge is 0.340 e. The standard InChI is InChI=1S/C22H24N4O/c1-15-20(16-8-4-3-5-9-16)24-25-21(15)22(27)26(2)14-17-10-6-12-19-18(17)11-7-13-23-19/h3-13,15,20-21,24-25H,14H2,1-2H3. The molecule has 0 saturated carbocycles. The number of fused-ring (bicyclic) bond motifs is 1. The van der Waals surface area contributed by atoms with Gasteiger partial charge in [0.2, 0.25) is 5.91 Å². The van der Waals surface area contributed by atoms with Gasteiger partial charge in [-0.2, -0.15) is 0 Å². The first kappa shape index (κ1) is 17.6. The highest BCUT2D eigenvalue weighted by molar-refractivity contribution is 5.85. The Balaban J connectivity index is 1.49. The van der Waals surface area contributed by atoms with Crippen molar-refractivity contribution in [2.75, 3.05) is 7.05 Å². The van der Waals surface area contributed by atoms with Crippen molar-refractivity contribution in [3.63, 3.8) is 0 Å². The highest BCUT2D eigenvalue weighted by Crippen LogP contribution is 2.29. The number of nitrogens with zero attached hydrogens (tertiary/aromatic N) is 2. The zero-order valence-corrected chi connectivity index (χ0v) is 15.6. The van der Waals surface area contributed by atoms with E-state index in [1.54, 1.807) is 11.1 Å². The molecule has 0 bridgehead atoms. The van der Waals surface area contributed by atoms with E-state index < -0.39 is 0 Å². The third kappa shape index (κ3) is 3.44. The topological polar surface area (TPSA) is 57.3 Å². The number of amides is 1. The van der Waals surface area contributed by atoms with Crippen LogP contribution >= 0.6 is 0 Å². The van der Waals surface area contributed by atoms with Crippen LogP contribution in [-0.4, -0.2) is 28.9 Å². The molecule has 0 radical (unpaired) electrons. The minimum absolute atomic E-state index is 0.0920. The number of likely N-dealkylation sites (N-methyl/N-ethyl adjacent to an activating group) is 1. The number of hydrogen-bond acceptors (Lipinski definition) is 4. The van der Waals surface area contributed by atoms with E-state index in [9.17, 15) is 4.79 Å². The maximum atomic E-state index is 13.1. The van der Waals surface area contributed by atoms with Crippen molar-refractivity contribution < 1.29 is 4.79 Å². The van der Waals surface area contributed by atoms with E-state index in [-0.39, 0.29) is 23.9 Å². The Morgan fingerprint density at radius 1 is 1.04 bits per heavy atom. The summed E-state index contributed by atoms with van der Waals surface area (Å²) in [7, 11) is 1.86. The number of hydrogen-bond donors (Lipinski definition) is 2. The molecule has 3 atom stereocenters. The maximum absolute atomic E-state index is 13.1.